The van der Waals surface area contributed by atoms with Gasteiger partial charge < -0.3 is 18.7 Å². The normalized spacial score (nSPS) is 24.4. The molecule has 4 aliphatic rings. The molecule has 2 saturated heterocycles. The van der Waals surface area contributed by atoms with E-state index in [1.165, 1.54) is 38.1 Å². The molecule has 2 atom stereocenters. The number of amides is 1. The third-order valence-corrected chi connectivity index (χ3v) is 12.7. The maximum Gasteiger partial charge on any atom is 0.291 e. The molecule has 2 aliphatic heterocycles. The van der Waals surface area contributed by atoms with E-state index in [0.717, 1.165) is 42.4 Å². The van der Waals surface area contributed by atoms with Gasteiger partial charge in [-0.2, -0.15) is 0 Å². The van der Waals surface area contributed by atoms with E-state index < -0.39 is 21.3 Å². The molecule has 1 amide bonds. The molecule has 2 aliphatic carbocycles. The predicted molar refractivity (Wildman–Crippen MR) is 181 cm³/mol. The number of Topliss-reactive ketones (excluding diaryl/α,β-unsaturated/α-hetero) is 1. The fourth-order valence-electron chi connectivity index (χ4n) is 8.62. The summed E-state index contributed by atoms with van der Waals surface area (Å²) in [6, 6.07) is 15.8. The number of likely N-dealkylation sites (tertiary alicyclic amines) is 2. The van der Waals surface area contributed by atoms with Gasteiger partial charge in [0.05, 0.1) is 47.7 Å². The van der Waals surface area contributed by atoms with Crippen molar-refractivity contribution in [3.8, 4) is 22.8 Å². The van der Waals surface area contributed by atoms with E-state index in [1.54, 1.807) is 24.4 Å². The second-order valence-corrected chi connectivity index (χ2v) is 16.3. The second kappa shape index (κ2) is 13.5. The summed E-state index contributed by atoms with van der Waals surface area (Å²) in [5.74, 6) is 0.761. The first kappa shape index (κ1) is 35.1. The molecule has 262 valence electrons. The Morgan fingerprint density at radius 2 is 1.61 bits per heavy atom. The summed E-state index contributed by atoms with van der Waals surface area (Å²) in [6.07, 6.45) is 8.23. The van der Waals surface area contributed by atoms with Crippen molar-refractivity contribution in [3.05, 3.63) is 72.4 Å². The molecule has 3 heterocycles. The SMILES string of the molecule is CC1(C)C2CCC1(CS(=O)(=O)[O-])C(=O)C2.C[N+]1(C2CCN(C(=O)c3nccc(-c4ccc(Oc5ccc(F)cc5)cc4)n3)CC2)CCCC1. The molecule has 10 nitrogen and oxygen atoms in total. The number of fused-ring (bicyclic) bond motifs is 2. The van der Waals surface area contributed by atoms with Crippen molar-refractivity contribution in [3.63, 3.8) is 0 Å². The van der Waals surface area contributed by atoms with E-state index >= 15 is 0 Å². The van der Waals surface area contributed by atoms with Crippen LogP contribution in [0.2, 0.25) is 0 Å². The lowest BCUT2D eigenvalue weighted by molar-refractivity contribution is -0.923. The molecule has 1 aromatic heterocycles. The van der Waals surface area contributed by atoms with Crippen LogP contribution in [0.25, 0.3) is 11.3 Å². The molecule has 0 spiro atoms. The standard InChI is InChI=1S/C27H30FN4O2.C10H16O4S/c1-32(18-2-3-19-32)22-13-16-31(17-14-22)27(33)26-29-15-12-25(30-26)20-4-8-23(9-5-20)34-24-10-6-21(28)7-11-24;1-9(2)7-3-4-10(9,8(11)5-7)6-15(12,13)14/h4-12,15,22H,2-3,13-14,16-19H2,1H3;7H,3-6H2,1-2H3,(H,12,13,14)/q+1;/p-1. The average molecular weight is 693 g/mol. The molecule has 49 heavy (non-hydrogen) atoms. The summed E-state index contributed by atoms with van der Waals surface area (Å²) in [5, 5.41) is 0. The minimum absolute atomic E-state index is 0.0248. The van der Waals surface area contributed by atoms with Crippen molar-refractivity contribution in [2.24, 2.45) is 16.7 Å². The van der Waals surface area contributed by atoms with Crippen LogP contribution in [0.4, 0.5) is 4.39 Å². The first-order chi connectivity index (χ1) is 23.2. The summed E-state index contributed by atoms with van der Waals surface area (Å²) in [5.41, 5.74) is 0.338. The van der Waals surface area contributed by atoms with Gasteiger partial charge in [-0.25, -0.2) is 22.8 Å². The Balaban J connectivity index is 0.000000232. The molecule has 3 aromatic rings. The number of rotatable bonds is 7. The van der Waals surface area contributed by atoms with Gasteiger partial charge in [0.15, 0.2) is 0 Å². The van der Waals surface area contributed by atoms with Crippen LogP contribution in [0.15, 0.2) is 60.8 Å². The monoisotopic (exact) mass is 692 g/mol. The molecule has 2 bridgehead atoms. The zero-order valence-electron chi connectivity index (χ0n) is 28.4. The van der Waals surface area contributed by atoms with Crippen LogP contribution in [0.1, 0.15) is 69.4 Å². The Morgan fingerprint density at radius 1 is 1.00 bits per heavy atom. The van der Waals surface area contributed by atoms with E-state index in [4.69, 9.17) is 4.74 Å². The largest absolute Gasteiger partial charge is 0.748 e. The molecular formula is C37H45FN4O6S. The summed E-state index contributed by atoms with van der Waals surface area (Å²) >= 11 is 0. The number of aromatic nitrogens is 2. The van der Waals surface area contributed by atoms with Gasteiger partial charge in [-0.15, -0.1) is 0 Å². The Hall–Kier alpha value is -3.74. The predicted octanol–water partition coefficient (Wildman–Crippen LogP) is 5.85. The number of nitrogens with zero attached hydrogens (tertiary/aromatic N) is 4. The number of benzene rings is 2. The van der Waals surface area contributed by atoms with Gasteiger partial charge in [0.25, 0.3) is 5.91 Å². The number of ketones is 1. The highest BCUT2D eigenvalue weighted by Crippen LogP contribution is 2.64. The highest BCUT2D eigenvalue weighted by atomic mass is 32.2. The molecule has 2 unspecified atom stereocenters. The molecule has 0 radical (unpaired) electrons. The van der Waals surface area contributed by atoms with Gasteiger partial charge >= 0.3 is 0 Å². The number of hydrogen-bond donors (Lipinski definition) is 0. The third-order valence-electron chi connectivity index (χ3n) is 11.8. The van der Waals surface area contributed by atoms with E-state index in [9.17, 15) is 27.0 Å². The smallest absolute Gasteiger partial charge is 0.291 e. The van der Waals surface area contributed by atoms with E-state index in [1.807, 2.05) is 43.0 Å². The van der Waals surface area contributed by atoms with E-state index in [2.05, 4.69) is 17.0 Å². The first-order valence-electron chi connectivity index (χ1n) is 17.2. The Labute approximate surface area is 288 Å². The van der Waals surface area contributed by atoms with Crippen molar-refractivity contribution in [2.45, 2.75) is 64.8 Å². The quantitative estimate of drug-likeness (QED) is 0.223. The topological polar surface area (TPSA) is 130 Å². The number of ether oxygens (including phenoxy) is 1. The van der Waals surface area contributed by atoms with Crippen LogP contribution in [-0.4, -0.2) is 89.0 Å². The van der Waals surface area contributed by atoms with Crippen LogP contribution < -0.4 is 4.74 Å². The van der Waals surface area contributed by atoms with Crippen molar-refractivity contribution >= 4 is 21.8 Å². The molecule has 0 N–H and O–H groups in total. The van der Waals surface area contributed by atoms with Crippen LogP contribution in [0.3, 0.4) is 0 Å². The van der Waals surface area contributed by atoms with Crippen LogP contribution in [0.5, 0.6) is 11.5 Å². The Morgan fingerprint density at radius 3 is 2.16 bits per heavy atom. The molecule has 12 heteroatoms. The van der Waals surface area contributed by atoms with Crippen molar-refractivity contribution in [1.29, 1.82) is 0 Å². The van der Waals surface area contributed by atoms with Gasteiger partial charge in [0.1, 0.15) is 23.1 Å². The van der Waals surface area contributed by atoms with Gasteiger partial charge in [0.2, 0.25) is 5.82 Å². The first-order valence-corrected chi connectivity index (χ1v) is 18.7. The van der Waals surface area contributed by atoms with Gasteiger partial charge in [-0.3, -0.25) is 9.59 Å². The molecular weight excluding hydrogens is 647 g/mol. The highest BCUT2D eigenvalue weighted by molar-refractivity contribution is 7.85. The van der Waals surface area contributed by atoms with Gasteiger partial charge in [-0.1, -0.05) is 13.8 Å². The van der Waals surface area contributed by atoms with Gasteiger partial charge in [0, 0.05) is 62.4 Å². The minimum atomic E-state index is -4.33. The number of carbonyl (C=O) groups excluding carboxylic acids is 2. The lowest BCUT2D eigenvalue weighted by atomic mass is 9.70. The average Bonchev–Trinajstić information content (AvgIpc) is 3.68. The maximum atomic E-state index is 13.1. The van der Waals surface area contributed by atoms with Crippen molar-refractivity contribution in [1.82, 2.24) is 14.9 Å². The summed E-state index contributed by atoms with van der Waals surface area (Å²) in [7, 11) is -1.95. The zero-order valence-corrected chi connectivity index (χ0v) is 29.3. The second-order valence-electron chi connectivity index (χ2n) is 14.9. The maximum absolute atomic E-state index is 13.1. The highest BCUT2D eigenvalue weighted by Gasteiger charge is 2.64. The number of piperidine rings is 1. The number of halogens is 1. The summed E-state index contributed by atoms with van der Waals surface area (Å²) < 4.78 is 52.7. The van der Waals surface area contributed by atoms with Crippen LogP contribution in [-0.2, 0) is 14.9 Å². The molecule has 7 rings (SSSR count). The fraction of sp³-hybridized carbons (Fsp3) is 0.514. The van der Waals surface area contributed by atoms with E-state index in [0.29, 0.717) is 36.1 Å². The Kier molecular flexibility index (Phi) is 9.69. The summed E-state index contributed by atoms with van der Waals surface area (Å²) in [6.45, 7) is 7.89. The number of carbonyl (C=O) groups is 2. The Bertz CT molecular complexity index is 1790. The number of hydrogen-bond acceptors (Lipinski definition) is 8. The van der Waals surface area contributed by atoms with Crippen molar-refractivity contribution < 1.29 is 36.2 Å². The zero-order chi connectivity index (χ0) is 35.0. The fourth-order valence-corrected chi connectivity index (χ4v) is 9.90. The van der Waals surface area contributed by atoms with Crippen LogP contribution >= 0.6 is 0 Å². The minimum Gasteiger partial charge on any atom is -0.748 e. The van der Waals surface area contributed by atoms with Crippen molar-refractivity contribution in [2.75, 3.05) is 39.0 Å². The third kappa shape index (κ3) is 7.27. The molecule has 2 aromatic carbocycles. The molecule has 4 fully saturated rings. The molecule has 2 saturated carbocycles. The summed E-state index contributed by atoms with van der Waals surface area (Å²) in [4.78, 5) is 35.7. The number of quaternary nitrogens is 1. The van der Waals surface area contributed by atoms with Gasteiger partial charge in [-0.05, 0) is 78.8 Å². The van der Waals surface area contributed by atoms with Crippen LogP contribution in [0, 0.1) is 22.6 Å². The van der Waals surface area contributed by atoms with E-state index in [-0.39, 0.29) is 34.7 Å². The lowest BCUT2D eigenvalue weighted by Gasteiger charge is -2.42. The lowest BCUT2D eigenvalue weighted by Crippen LogP contribution is -2.55.